The Hall–Kier alpha value is -1.97. The summed E-state index contributed by atoms with van der Waals surface area (Å²) >= 11 is 12.2. The molecule has 0 aliphatic carbocycles. The Bertz CT molecular complexity index is 826. The molecule has 1 N–H and O–H groups in total. The van der Waals surface area contributed by atoms with Gasteiger partial charge in [0.05, 0.1) is 12.8 Å². The third-order valence-electron chi connectivity index (χ3n) is 3.67. The van der Waals surface area contributed by atoms with E-state index < -0.39 is 0 Å². The van der Waals surface area contributed by atoms with E-state index in [9.17, 15) is 0 Å². The van der Waals surface area contributed by atoms with Crippen LogP contribution in [0.5, 0.6) is 5.75 Å². The number of aromatic amines is 1. The smallest absolute Gasteiger partial charge is 0.118 e. The van der Waals surface area contributed by atoms with Crippen LogP contribution in [-0.4, -0.2) is 17.1 Å². The zero-order valence-electron chi connectivity index (χ0n) is 12.9. The fourth-order valence-electron chi connectivity index (χ4n) is 2.48. The van der Waals surface area contributed by atoms with Crippen LogP contribution in [-0.2, 0) is 6.42 Å². The normalized spacial score (nSPS) is 10.8. The quantitative estimate of drug-likeness (QED) is 0.696. The molecule has 23 heavy (non-hydrogen) atoms. The summed E-state index contributed by atoms with van der Waals surface area (Å²) in [6.45, 7) is 2.01. The minimum Gasteiger partial charge on any atom is -0.497 e. The molecule has 3 aromatic rings. The molecule has 3 rings (SSSR count). The van der Waals surface area contributed by atoms with Crippen molar-refractivity contribution in [2.24, 2.45) is 0 Å². The largest absolute Gasteiger partial charge is 0.497 e. The van der Waals surface area contributed by atoms with Gasteiger partial charge in [0.2, 0.25) is 0 Å². The van der Waals surface area contributed by atoms with E-state index in [1.54, 1.807) is 13.2 Å². The Morgan fingerprint density at radius 2 is 1.83 bits per heavy atom. The van der Waals surface area contributed by atoms with Crippen molar-refractivity contribution < 1.29 is 4.74 Å². The predicted molar refractivity (Wildman–Crippen MR) is 94.6 cm³/mol. The number of halogens is 2. The molecule has 5 heteroatoms. The van der Waals surface area contributed by atoms with Crippen molar-refractivity contribution in [1.82, 2.24) is 9.97 Å². The summed E-state index contributed by atoms with van der Waals surface area (Å²) in [5, 5.41) is 1.28. The maximum Gasteiger partial charge on any atom is 0.118 e. The van der Waals surface area contributed by atoms with Crippen molar-refractivity contribution in [3.8, 4) is 17.0 Å². The van der Waals surface area contributed by atoms with Gasteiger partial charge < -0.3 is 9.72 Å². The van der Waals surface area contributed by atoms with Crippen LogP contribution in [0, 0.1) is 6.92 Å². The zero-order chi connectivity index (χ0) is 16.4. The molecule has 118 valence electrons. The SMILES string of the molecule is COc1ccc(-c2nc(Cc3ccc(Cl)cc3Cl)[nH]c2C)cc1. The summed E-state index contributed by atoms with van der Waals surface area (Å²) in [5.41, 5.74) is 4.00. The van der Waals surface area contributed by atoms with E-state index in [2.05, 4.69) is 4.98 Å². The van der Waals surface area contributed by atoms with Crippen LogP contribution < -0.4 is 4.74 Å². The number of benzene rings is 2. The van der Waals surface area contributed by atoms with Crippen LogP contribution in [0.15, 0.2) is 42.5 Å². The maximum atomic E-state index is 6.24. The number of aryl methyl sites for hydroxylation is 1. The second-order valence-corrected chi connectivity index (χ2v) is 6.14. The van der Waals surface area contributed by atoms with Crippen molar-refractivity contribution >= 4 is 23.2 Å². The molecule has 1 heterocycles. The van der Waals surface area contributed by atoms with Gasteiger partial charge in [-0.2, -0.15) is 0 Å². The Morgan fingerprint density at radius 1 is 1.09 bits per heavy atom. The van der Waals surface area contributed by atoms with E-state index in [1.165, 1.54) is 0 Å². The predicted octanol–water partition coefficient (Wildman–Crippen LogP) is 5.29. The third kappa shape index (κ3) is 3.52. The first kappa shape index (κ1) is 15.9. The summed E-state index contributed by atoms with van der Waals surface area (Å²) in [5.74, 6) is 1.70. The zero-order valence-corrected chi connectivity index (χ0v) is 14.4. The van der Waals surface area contributed by atoms with Crippen molar-refractivity contribution in [2.45, 2.75) is 13.3 Å². The van der Waals surface area contributed by atoms with Crippen molar-refractivity contribution in [2.75, 3.05) is 7.11 Å². The highest BCUT2D eigenvalue weighted by atomic mass is 35.5. The average molecular weight is 347 g/mol. The summed E-state index contributed by atoms with van der Waals surface area (Å²) in [6.07, 6.45) is 0.632. The van der Waals surface area contributed by atoms with Gasteiger partial charge in [-0.15, -0.1) is 0 Å². The summed E-state index contributed by atoms with van der Waals surface area (Å²) in [6, 6.07) is 13.4. The van der Waals surface area contributed by atoms with Gasteiger partial charge in [-0.3, -0.25) is 0 Å². The first-order chi connectivity index (χ1) is 11.1. The van der Waals surface area contributed by atoms with Crippen LogP contribution in [0.25, 0.3) is 11.3 Å². The van der Waals surface area contributed by atoms with Crippen molar-refractivity contribution in [1.29, 1.82) is 0 Å². The molecule has 0 bridgehead atoms. The van der Waals surface area contributed by atoms with E-state index in [0.717, 1.165) is 34.1 Å². The van der Waals surface area contributed by atoms with Crippen LogP contribution in [0.4, 0.5) is 0 Å². The van der Waals surface area contributed by atoms with E-state index in [1.807, 2.05) is 43.3 Å². The number of hydrogen-bond acceptors (Lipinski definition) is 2. The molecule has 2 aromatic carbocycles. The van der Waals surface area contributed by atoms with Crippen molar-refractivity contribution in [3.05, 3.63) is 69.6 Å². The van der Waals surface area contributed by atoms with Crippen molar-refractivity contribution in [3.63, 3.8) is 0 Å². The van der Waals surface area contributed by atoms with Gasteiger partial charge in [-0.1, -0.05) is 29.3 Å². The number of rotatable bonds is 4. The molecule has 1 aromatic heterocycles. The molecular formula is C18H16Cl2N2O. The highest BCUT2D eigenvalue weighted by Crippen LogP contribution is 2.26. The number of nitrogens with zero attached hydrogens (tertiary/aromatic N) is 1. The number of aromatic nitrogens is 2. The summed E-state index contributed by atoms with van der Waals surface area (Å²) < 4.78 is 5.19. The third-order valence-corrected chi connectivity index (χ3v) is 4.26. The van der Waals surface area contributed by atoms with Gasteiger partial charge in [-0.05, 0) is 48.9 Å². The molecule has 0 atom stereocenters. The number of nitrogens with one attached hydrogen (secondary N) is 1. The van der Waals surface area contributed by atoms with E-state index >= 15 is 0 Å². The summed E-state index contributed by atoms with van der Waals surface area (Å²) in [4.78, 5) is 8.03. The molecule has 0 unspecified atom stereocenters. The van der Waals surface area contributed by atoms with E-state index in [0.29, 0.717) is 16.5 Å². The average Bonchev–Trinajstić information content (AvgIpc) is 2.91. The molecule has 0 spiro atoms. The minimum absolute atomic E-state index is 0.632. The van der Waals surface area contributed by atoms with Gasteiger partial charge >= 0.3 is 0 Å². The van der Waals surface area contributed by atoms with Gasteiger partial charge in [0.25, 0.3) is 0 Å². The summed E-state index contributed by atoms with van der Waals surface area (Å²) in [7, 11) is 1.66. The number of imidazole rings is 1. The molecule has 0 saturated heterocycles. The Balaban J connectivity index is 1.88. The van der Waals surface area contributed by atoms with Gasteiger partial charge in [0.15, 0.2) is 0 Å². The lowest BCUT2D eigenvalue weighted by Gasteiger charge is -2.02. The molecule has 0 saturated carbocycles. The lowest BCUT2D eigenvalue weighted by atomic mass is 10.1. The Labute approximate surface area is 145 Å². The fraction of sp³-hybridized carbons (Fsp3) is 0.167. The highest BCUT2D eigenvalue weighted by molar-refractivity contribution is 6.35. The van der Waals surface area contributed by atoms with Crippen LogP contribution in [0.3, 0.4) is 0 Å². The van der Waals surface area contributed by atoms with E-state index in [4.69, 9.17) is 32.9 Å². The van der Waals surface area contributed by atoms with Gasteiger partial charge in [0, 0.05) is 27.7 Å². The minimum atomic E-state index is 0.632. The van der Waals surface area contributed by atoms with Crippen LogP contribution in [0.1, 0.15) is 17.1 Å². The molecule has 0 aliphatic rings. The molecule has 0 fully saturated rings. The number of methoxy groups -OCH3 is 1. The van der Waals surface area contributed by atoms with Gasteiger partial charge in [-0.25, -0.2) is 4.98 Å². The van der Waals surface area contributed by atoms with Crippen LogP contribution in [0.2, 0.25) is 10.0 Å². The van der Waals surface area contributed by atoms with E-state index in [-0.39, 0.29) is 0 Å². The van der Waals surface area contributed by atoms with Crippen LogP contribution >= 0.6 is 23.2 Å². The number of ether oxygens (including phenoxy) is 1. The second-order valence-electron chi connectivity index (χ2n) is 5.30. The first-order valence-electron chi connectivity index (χ1n) is 7.20. The Morgan fingerprint density at radius 3 is 2.48 bits per heavy atom. The molecule has 0 radical (unpaired) electrons. The lowest BCUT2D eigenvalue weighted by Crippen LogP contribution is -1.92. The first-order valence-corrected chi connectivity index (χ1v) is 7.96. The number of H-pyrrole nitrogens is 1. The fourth-order valence-corrected chi connectivity index (χ4v) is 2.96. The van der Waals surface area contributed by atoms with Gasteiger partial charge in [0.1, 0.15) is 11.6 Å². The monoisotopic (exact) mass is 346 g/mol. The highest BCUT2D eigenvalue weighted by Gasteiger charge is 2.11. The molecule has 0 aliphatic heterocycles. The number of hydrogen-bond donors (Lipinski definition) is 1. The lowest BCUT2D eigenvalue weighted by molar-refractivity contribution is 0.415. The standard InChI is InChI=1S/C18H16Cl2N2O/c1-11-18(12-4-7-15(23-2)8-5-12)22-17(21-11)9-13-3-6-14(19)10-16(13)20/h3-8,10H,9H2,1-2H3,(H,21,22). The molecular weight excluding hydrogens is 331 g/mol. The second kappa shape index (κ2) is 6.65. The topological polar surface area (TPSA) is 37.9 Å². The molecule has 3 nitrogen and oxygen atoms in total. The Kier molecular flexibility index (Phi) is 4.60. The maximum absolute atomic E-state index is 6.24. The molecule has 0 amide bonds.